The SMILES string of the molecule is Cc1nn(C)cc1CNC(=O)CC1(N)CCC1. The number of carbonyl (C=O) groups excluding carboxylic acids is 1. The van der Waals surface area contributed by atoms with Crippen LogP contribution in [0, 0.1) is 6.92 Å². The molecule has 0 radical (unpaired) electrons. The van der Waals surface area contributed by atoms with E-state index >= 15 is 0 Å². The van der Waals surface area contributed by atoms with E-state index in [1.165, 1.54) is 0 Å². The molecule has 5 heteroatoms. The minimum Gasteiger partial charge on any atom is -0.352 e. The van der Waals surface area contributed by atoms with E-state index in [1.54, 1.807) is 4.68 Å². The van der Waals surface area contributed by atoms with Gasteiger partial charge in [-0.25, -0.2) is 0 Å². The van der Waals surface area contributed by atoms with E-state index in [0.29, 0.717) is 13.0 Å². The molecule has 1 saturated carbocycles. The predicted octanol–water partition coefficient (Wildman–Crippen LogP) is 0.616. The van der Waals surface area contributed by atoms with E-state index < -0.39 is 0 Å². The van der Waals surface area contributed by atoms with Crippen LogP contribution in [-0.4, -0.2) is 21.2 Å². The number of amides is 1. The first-order valence-corrected chi connectivity index (χ1v) is 6.03. The standard InChI is InChI=1S/C12H20N4O/c1-9-10(8-16(2)15-9)7-14-11(17)6-12(13)4-3-5-12/h8H,3-7,13H2,1-2H3,(H,14,17). The fourth-order valence-corrected chi connectivity index (χ4v) is 2.21. The number of rotatable bonds is 4. The lowest BCUT2D eigenvalue weighted by Crippen LogP contribution is -2.49. The third kappa shape index (κ3) is 2.85. The van der Waals surface area contributed by atoms with Gasteiger partial charge in [0.1, 0.15) is 0 Å². The van der Waals surface area contributed by atoms with E-state index in [2.05, 4.69) is 10.4 Å². The van der Waals surface area contributed by atoms with Crippen LogP contribution >= 0.6 is 0 Å². The van der Waals surface area contributed by atoms with Gasteiger partial charge in [0.15, 0.2) is 0 Å². The third-order valence-corrected chi connectivity index (χ3v) is 3.45. The Morgan fingerprint density at radius 2 is 2.35 bits per heavy atom. The molecule has 5 nitrogen and oxygen atoms in total. The molecule has 0 spiro atoms. The van der Waals surface area contributed by atoms with Crippen LogP contribution in [0.5, 0.6) is 0 Å². The van der Waals surface area contributed by atoms with Gasteiger partial charge in [0, 0.05) is 37.3 Å². The normalized spacial score (nSPS) is 17.6. The van der Waals surface area contributed by atoms with Crippen LogP contribution in [-0.2, 0) is 18.4 Å². The monoisotopic (exact) mass is 236 g/mol. The van der Waals surface area contributed by atoms with Crippen LogP contribution in [0.3, 0.4) is 0 Å². The number of aromatic nitrogens is 2. The summed E-state index contributed by atoms with van der Waals surface area (Å²) in [5.41, 5.74) is 7.80. The molecule has 2 rings (SSSR count). The van der Waals surface area contributed by atoms with Crippen LogP contribution in [0.4, 0.5) is 0 Å². The van der Waals surface area contributed by atoms with E-state index in [1.807, 2.05) is 20.2 Å². The minimum atomic E-state index is -0.242. The summed E-state index contributed by atoms with van der Waals surface area (Å²) in [5, 5.41) is 7.14. The highest BCUT2D eigenvalue weighted by Crippen LogP contribution is 2.31. The molecule has 0 aliphatic heterocycles. The van der Waals surface area contributed by atoms with Gasteiger partial charge in [0.05, 0.1) is 5.69 Å². The zero-order valence-electron chi connectivity index (χ0n) is 10.5. The molecule has 3 N–H and O–H groups in total. The molecule has 1 aromatic heterocycles. The molecule has 17 heavy (non-hydrogen) atoms. The van der Waals surface area contributed by atoms with E-state index in [9.17, 15) is 4.79 Å². The molecule has 1 aliphatic rings. The maximum Gasteiger partial charge on any atom is 0.222 e. The Balaban J connectivity index is 1.82. The summed E-state index contributed by atoms with van der Waals surface area (Å²) >= 11 is 0. The van der Waals surface area contributed by atoms with Gasteiger partial charge in [-0.2, -0.15) is 5.10 Å². The maximum absolute atomic E-state index is 11.7. The van der Waals surface area contributed by atoms with Gasteiger partial charge >= 0.3 is 0 Å². The van der Waals surface area contributed by atoms with Crippen molar-refractivity contribution in [1.29, 1.82) is 0 Å². The summed E-state index contributed by atoms with van der Waals surface area (Å²) in [6.07, 6.45) is 5.44. The quantitative estimate of drug-likeness (QED) is 0.804. The predicted molar refractivity (Wildman–Crippen MR) is 65.2 cm³/mol. The number of hydrogen-bond donors (Lipinski definition) is 2. The Hall–Kier alpha value is -1.36. The minimum absolute atomic E-state index is 0.0375. The maximum atomic E-state index is 11.7. The van der Waals surface area contributed by atoms with Crippen molar-refractivity contribution in [2.45, 2.75) is 44.7 Å². The van der Waals surface area contributed by atoms with Gasteiger partial charge < -0.3 is 11.1 Å². The molecule has 0 aromatic carbocycles. The zero-order chi connectivity index (χ0) is 12.5. The lowest BCUT2D eigenvalue weighted by atomic mass is 9.75. The molecule has 1 aromatic rings. The van der Waals surface area contributed by atoms with Gasteiger partial charge in [-0.05, 0) is 26.2 Å². The summed E-state index contributed by atoms with van der Waals surface area (Å²) in [4.78, 5) is 11.7. The third-order valence-electron chi connectivity index (χ3n) is 3.45. The number of carbonyl (C=O) groups is 1. The molecular formula is C12H20N4O. The first-order chi connectivity index (χ1) is 7.98. The number of nitrogens with two attached hydrogens (primary N) is 1. The van der Waals surface area contributed by atoms with E-state index in [4.69, 9.17) is 5.73 Å². The second kappa shape index (κ2) is 4.49. The second-order valence-electron chi connectivity index (χ2n) is 5.08. The average molecular weight is 236 g/mol. The van der Waals surface area contributed by atoms with Crippen LogP contribution in [0.1, 0.15) is 36.9 Å². The Labute approximate surface area is 101 Å². The second-order valence-corrected chi connectivity index (χ2v) is 5.08. The Morgan fingerprint density at radius 3 is 2.82 bits per heavy atom. The summed E-state index contributed by atoms with van der Waals surface area (Å²) in [6, 6.07) is 0. The molecule has 0 atom stereocenters. The fourth-order valence-electron chi connectivity index (χ4n) is 2.21. The number of nitrogens with one attached hydrogen (secondary N) is 1. The molecule has 0 saturated heterocycles. The van der Waals surface area contributed by atoms with Crippen molar-refractivity contribution in [1.82, 2.24) is 15.1 Å². The zero-order valence-corrected chi connectivity index (χ0v) is 10.5. The first-order valence-electron chi connectivity index (χ1n) is 6.03. The lowest BCUT2D eigenvalue weighted by Gasteiger charge is -2.37. The topological polar surface area (TPSA) is 72.9 Å². The number of aryl methyl sites for hydroxylation is 2. The highest BCUT2D eigenvalue weighted by Gasteiger charge is 2.34. The summed E-state index contributed by atoms with van der Waals surface area (Å²) in [5.74, 6) is 0.0375. The highest BCUT2D eigenvalue weighted by molar-refractivity contribution is 5.77. The van der Waals surface area contributed by atoms with Gasteiger partial charge in [0.2, 0.25) is 5.91 Å². The van der Waals surface area contributed by atoms with Crippen molar-refractivity contribution in [2.75, 3.05) is 0 Å². The molecule has 1 amide bonds. The summed E-state index contributed by atoms with van der Waals surface area (Å²) in [7, 11) is 1.88. The molecule has 94 valence electrons. The van der Waals surface area contributed by atoms with Crippen molar-refractivity contribution in [3.63, 3.8) is 0 Å². The summed E-state index contributed by atoms with van der Waals surface area (Å²) in [6.45, 7) is 2.48. The number of hydrogen-bond acceptors (Lipinski definition) is 3. The van der Waals surface area contributed by atoms with Crippen molar-refractivity contribution in [3.8, 4) is 0 Å². The smallest absolute Gasteiger partial charge is 0.222 e. The average Bonchev–Trinajstić information content (AvgIpc) is 2.52. The first kappa shape index (κ1) is 12.1. The Bertz CT molecular complexity index is 420. The number of nitrogens with zero attached hydrogens (tertiary/aromatic N) is 2. The van der Waals surface area contributed by atoms with E-state index in [0.717, 1.165) is 30.5 Å². The van der Waals surface area contributed by atoms with Crippen LogP contribution in [0.15, 0.2) is 6.20 Å². The fraction of sp³-hybridized carbons (Fsp3) is 0.667. The molecule has 1 heterocycles. The highest BCUT2D eigenvalue weighted by atomic mass is 16.1. The van der Waals surface area contributed by atoms with Gasteiger partial charge in [-0.1, -0.05) is 0 Å². The van der Waals surface area contributed by atoms with Gasteiger partial charge in [-0.3, -0.25) is 9.48 Å². The molecule has 1 aliphatic carbocycles. The molecule has 0 unspecified atom stereocenters. The van der Waals surface area contributed by atoms with Crippen LogP contribution < -0.4 is 11.1 Å². The molecule has 0 bridgehead atoms. The Morgan fingerprint density at radius 1 is 1.65 bits per heavy atom. The largest absolute Gasteiger partial charge is 0.352 e. The molecule has 1 fully saturated rings. The van der Waals surface area contributed by atoms with Crippen LogP contribution in [0.2, 0.25) is 0 Å². The van der Waals surface area contributed by atoms with Gasteiger partial charge in [-0.15, -0.1) is 0 Å². The van der Waals surface area contributed by atoms with Gasteiger partial charge in [0.25, 0.3) is 0 Å². The van der Waals surface area contributed by atoms with E-state index in [-0.39, 0.29) is 11.4 Å². The summed E-state index contributed by atoms with van der Waals surface area (Å²) < 4.78 is 1.76. The van der Waals surface area contributed by atoms with Crippen molar-refractivity contribution in [3.05, 3.63) is 17.5 Å². The van der Waals surface area contributed by atoms with Crippen molar-refractivity contribution in [2.24, 2.45) is 12.8 Å². The van der Waals surface area contributed by atoms with Crippen LogP contribution in [0.25, 0.3) is 0 Å². The molecular weight excluding hydrogens is 216 g/mol. The van der Waals surface area contributed by atoms with Crippen molar-refractivity contribution < 1.29 is 4.79 Å². The Kier molecular flexibility index (Phi) is 3.19. The lowest BCUT2D eigenvalue weighted by molar-refractivity contribution is -0.123. The van der Waals surface area contributed by atoms with Crippen molar-refractivity contribution >= 4 is 5.91 Å².